The van der Waals surface area contributed by atoms with Crippen LogP contribution in [0.5, 0.6) is 0 Å². The Bertz CT molecular complexity index is 496. The smallest absolute Gasteiger partial charge is 0.240 e. The summed E-state index contributed by atoms with van der Waals surface area (Å²) in [6.07, 6.45) is 3.20. The molecule has 1 aromatic carbocycles. The number of amides is 1. The van der Waals surface area contributed by atoms with Gasteiger partial charge in [0.1, 0.15) is 0 Å². The molecule has 0 radical (unpaired) electrons. The highest BCUT2D eigenvalue weighted by molar-refractivity contribution is 5.86. The van der Waals surface area contributed by atoms with Crippen LogP contribution < -0.4 is 10.6 Å². The lowest BCUT2D eigenvalue weighted by Gasteiger charge is -2.34. The van der Waals surface area contributed by atoms with Crippen LogP contribution in [0.15, 0.2) is 18.2 Å². The SMILES string of the molecule is Cc1ccc(C(C)NC(=O)C2(C)CCCCN2)c(C)c1.Cl. The zero-order valence-electron chi connectivity index (χ0n) is 13.5. The van der Waals surface area contributed by atoms with E-state index in [2.05, 4.69) is 49.6 Å². The van der Waals surface area contributed by atoms with Crippen molar-refractivity contribution in [3.05, 3.63) is 34.9 Å². The predicted molar refractivity (Wildman–Crippen MR) is 90.0 cm³/mol. The minimum atomic E-state index is -0.412. The van der Waals surface area contributed by atoms with Crippen LogP contribution >= 0.6 is 12.4 Å². The summed E-state index contributed by atoms with van der Waals surface area (Å²) in [5.41, 5.74) is 3.28. The monoisotopic (exact) mass is 310 g/mol. The van der Waals surface area contributed by atoms with Crippen molar-refractivity contribution < 1.29 is 4.79 Å². The Labute approximate surface area is 134 Å². The van der Waals surface area contributed by atoms with Crippen molar-refractivity contribution >= 4 is 18.3 Å². The molecule has 1 aliphatic heterocycles. The molecule has 1 heterocycles. The molecule has 118 valence electrons. The lowest BCUT2D eigenvalue weighted by molar-refractivity contribution is -0.128. The van der Waals surface area contributed by atoms with E-state index in [9.17, 15) is 4.79 Å². The molecule has 1 saturated heterocycles. The van der Waals surface area contributed by atoms with Gasteiger partial charge in [0.05, 0.1) is 11.6 Å². The van der Waals surface area contributed by atoms with E-state index in [1.54, 1.807) is 0 Å². The van der Waals surface area contributed by atoms with Gasteiger partial charge < -0.3 is 10.6 Å². The number of hydrogen-bond acceptors (Lipinski definition) is 2. The predicted octanol–water partition coefficient (Wildman–Crippen LogP) is 3.43. The van der Waals surface area contributed by atoms with Gasteiger partial charge in [0.25, 0.3) is 0 Å². The zero-order valence-corrected chi connectivity index (χ0v) is 14.3. The van der Waals surface area contributed by atoms with Gasteiger partial charge in [0.15, 0.2) is 0 Å². The number of aryl methyl sites for hydroxylation is 2. The van der Waals surface area contributed by atoms with Crippen LogP contribution in [0.4, 0.5) is 0 Å². The largest absolute Gasteiger partial charge is 0.348 e. The van der Waals surface area contributed by atoms with E-state index in [0.29, 0.717) is 0 Å². The molecule has 4 heteroatoms. The molecule has 21 heavy (non-hydrogen) atoms. The van der Waals surface area contributed by atoms with Crippen LogP contribution in [0.1, 0.15) is 55.8 Å². The fourth-order valence-corrected chi connectivity index (χ4v) is 3.00. The number of hydrogen-bond donors (Lipinski definition) is 2. The standard InChI is InChI=1S/C17H26N2O.ClH/c1-12-7-8-15(13(2)11-12)14(3)19-16(20)17(4)9-5-6-10-18-17;/h7-8,11,14,18H,5-6,9-10H2,1-4H3,(H,19,20);1H. The number of nitrogens with one attached hydrogen (secondary N) is 2. The van der Waals surface area contributed by atoms with Crippen molar-refractivity contribution in [3.8, 4) is 0 Å². The molecular weight excluding hydrogens is 284 g/mol. The van der Waals surface area contributed by atoms with Gasteiger partial charge in [0, 0.05) is 0 Å². The second-order valence-electron chi connectivity index (χ2n) is 6.27. The van der Waals surface area contributed by atoms with E-state index in [4.69, 9.17) is 0 Å². The van der Waals surface area contributed by atoms with Gasteiger partial charge in [-0.15, -0.1) is 12.4 Å². The zero-order chi connectivity index (χ0) is 14.8. The molecule has 0 bridgehead atoms. The maximum absolute atomic E-state index is 12.5. The molecular formula is C17H27ClN2O. The quantitative estimate of drug-likeness (QED) is 0.898. The van der Waals surface area contributed by atoms with Crippen LogP contribution in [0.25, 0.3) is 0 Å². The van der Waals surface area contributed by atoms with E-state index in [1.165, 1.54) is 16.7 Å². The van der Waals surface area contributed by atoms with Gasteiger partial charge in [0.2, 0.25) is 5.91 Å². The van der Waals surface area contributed by atoms with Gasteiger partial charge in [-0.1, -0.05) is 23.8 Å². The molecule has 3 nitrogen and oxygen atoms in total. The summed E-state index contributed by atoms with van der Waals surface area (Å²) in [5.74, 6) is 0.115. The molecule has 2 atom stereocenters. The third kappa shape index (κ3) is 4.21. The highest BCUT2D eigenvalue weighted by Crippen LogP contribution is 2.22. The Morgan fingerprint density at radius 2 is 2.05 bits per heavy atom. The lowest BCUT2D eigenvalue weighted by atomic mass is 9.89. The third-order valence-corrected chi connectivity index (χ3v) is 4.36. The Hall–Kier alpha value is -1.06. The number of piperidine rings is 1. The third-order valence-electron chi connectivity index (χ3n) is 4.36. The average Bonchev–Trinajstić information content (AvgIpc) is 2.39. The van der Waals surface area contributed by atoms with Crippen molar-refractivity contribution in [1.82, 2.24) is 10.6 Å². The molecule has 1 aliphatic rings. The van der Waals surface area contributed by atoms with E-state index < -0.39 is 5.54 Å². The Kier molecular flexibility index (Phi) is 6.24. The Morgan fingerprint density at radius 3 is 2.62 bits per heavy atom. The molecule has 2 N–H and O–H groups in total. The van der Waals surface area contributed by atoms with Gasteiger partial charge in [-0.05, 0) is 64.6 Å². The number of rotatable bonds is 3. The molecule has 2 rings (SSSR count). The molecule has 0 spiro atoms. The fraction of sp³-hybridized carbons (Fsp3) is 0.588. The van der Waals surface area contributed by atoms with Gasteiger partial charge in [-0.2, -0.15) is 0 Å². The Balaban J connectivity index is 0.00000220. The summed E-state index contributed by atoms with van der Waals surface area (Å²) in [5, 5.41) is 6.53. The van der Waals surface area contributed by atoms with E-state index in [-0.39, 0.29) is 24.4 Å². The van der Waals surface area contributed by atoms with Gasteiger partial charge in [-0.3, -0.25) is 4.79 Å². The van der Waals surface area contributed by atoms with Crippen molar-refractivity contribution in [2.45, 2.75) is 58.5 Å². The number of benzene rings is 1. The first-order valence-electron chi connectivity index (χ1n) is 7.55. The molecule has 1 fully saturated rings. The summed E-state index contributed by atoms with van der Waals surface area (Å²) in [6, 6.07) is 6.43. The molecule has 0 aliphatic carbocycles. The van der Waals surface area contributed by atoms with Crippen molar-refractivity contribution in [1.29, 1.82) is 0 Å². The molecule has 0 saturated carbocycles. The van der Waals surface area contributed by atoms with Crippen molar-refractivity contribution in [2.75, 3.05) is 6.54 Å². The van der Waals surface area contributed by atoms with Crippen LogP contribution in [0, 0.1) is 13.8 Å². The van der Waals surface area contributed by atoms with Crippen molar-refractivity contribution in [3.63, 3.8) is 0 Å². The highest BCUT2D eigenvalue weighted by Gasteiger charge is 2.34. The number of carbonyl (C=O) groups excluding carboxylic acids is 1. The summed E-state index contributed by atoms with van der Waals surface area (Å²) < 4.78 is 0. The summed E-state index contributed by atoms with van der Waals surface area (Å²) >= 11 is 0. The minimum absolute atomic E-state index is 0. The maximum atomic E-state index is 12.5. The molecule has 0 aromatic heterocycles. The first kappa shape index (κ1) is 18.0. The Morgan fingerprint density at radius 1 is 1.33 bits per heavy atom. The van der Waals surface area contributed by atoms with Crippen LogP contribution in [0.3, 0.4) is 0 Å². The number of carbonyl (C=O) groups is 1. The summed E-state index contributed by atoms with van der Waals surface area (Å²) in [6.45, 7) is 9.19. The molecule has 1 aromatic rings. The average molecular weight is 311 g/mol. The fourth-order valence-electron chi connectivity index (χ4n) is 3.00. The lowest BCUT2D eigenvalue weighted by Crippen LogP contribution is -2.57. The van der Waals surface area contributed by atoms with Gasteiger partial charge in [-0.25, -0.2) is 0 Å². The van der Waals surface area contributed by atoms with E-state index in [1.807, 2.05) is 6.92 Å². The minimum Gasteiger partial charge on any atom is -0.348 e. The van der Waals surface area contributed by atoms with Crippen LogP contribution in [0.2, 0.25) is 0 Å². The van der Waals surface area contributed by atoms with Crippen molar-refractivity contribution in [2.24, 2.45) is 0 Å². The first-order chi connectivity index (χ1) is 9.42. The maximum Gasteiger partial charge on any atom is 0.240 e. The van der Waals surface area contributed by atoms with E-state index >= 15 is 0 Å². The molecule has 1 amide bonds. The summed E-state index contributed by atoms with van der Waals surface area (Å²) in [4.78, 5) is 12.5. The topological polar surface area (TPSA) is 41.1 Å². The summed E-state index contributed by atoms with van der Waals surface area (Å²) in [7, 11) is 0. The molecule has 2 unspecified atom stereocenters. The number of halogens is 1. The first-order valence-corrected chi connectivity index (χ1v) is 7.55. The van der Waals surface area contributed by atoms with Gasteiger partial charge >= 0.3 is 0 Å². The normalized spacial score (nSPS) is 23.0. The second-order valence-corrected chi connectivity index (χ2v) is 6.27. The second kappa shape index (κ2) is 7.28. The van der Waals surface area contributed by atoms with Crippen LogP contribution in [-0.2, 0) is 4.79 Å². The highest BCUT2D eigenvalue weighted by atomic mass is 35.5. The van der Waals surface area contributed by atoms with E-state index in [0.717, 1.165) is 25.8 Å². The van der Waals surface area contributed by atoms with Crippen LogP contribution in [-0.4, -0.2) is 18.0 Å².